The zero-order valence-electron chi connectivity index (χ0n) is 14.3. The Labute approximate surface area is 132 Å². The van der Waals surface area contributed by atoms with E-state index in [1.807, 2.05) is 0 Å². The summed E-state index contributed by atoms with van der Waals surface area (Å²) in [6.07, 6.45) is 16.5. The Hall–Kier alpha value is -0.0800. The molecule has 0 aromatic heterocycles. The molecule has 2 fully saturated rings. The maximum absolute atomic E-state index is 8.88. The van der Waals surface area contributed by atoms with E-state index in [2.05, 4.69) is 11.8 Å². The molecule has 21 heavy (non-hydrogen) atoms. The molecule has 124 valence electrons. The monoisotopic (exact) mass is 295 g/mol. The first-order valence-electron chi connectivity index (χ1n) is 9.55. The molecule has 0 saturated heterocycles. The molecule has 2 nitrogen and oxygen atoms in total. The molecular weight excluding hydrogens is 258 g/mol. The van der Waals surface area contributed by atoms with E-state index in [0.29, 0.717) is 12.0 Å². The molecule has 0 bridgehead atoms. The Morgan fingerprint density at radius 2 is 1.62 bits per heavy atom. The highest BCUT2D eigenvalue weighted by Gasteiger charge is 2.31. The summed E-state index contributed by atoms with van der Waals surface area (Å²) in [5.74, 6) is 0.979. The van der Waals surface area contributed by atoms with Crippen LogP contribution < -0.4 is 0 Å². The van der Waals surface area contributed by atoms with Crippen LogP contribution in [0.5, 0.6) is 0 Å². The summed E-state index contributed by atoms with van der Waals surface area (Å²) in [6.45, 7) is 6.87. The van der Waals surface area contributed by atoms with Crippen molar-refractivity contribution in [1.29, 1.82) is 0 Å². The van der Waals surface area contributed by atoms with Crippen LogP contribution in [0.1, 0.15) is 84.0 Å². The molecule has 0 unspecified atom stereocenters. The predicted octanol–water partition coefficient (Wildman–Crippen LogP) is 4.61. The second kappa shape index (κ2) is 9.15. The van der Waals surface area contributed by atoms with Gasteiger partial charge in [-0.05, 0) is 56.4 Å². The van der Waals surface area contributed by atoms with Gasteiger partial charge in [0.2, 0.25) is 0 Å². The van der Waals surface area contributed by atoms with Crippen molar-refractivity contribution < 1.29 is 5.11 Å². The van der Waals surface area contributed by atoms with Gasteiger partial charge in [-0.25, -0.2) is 0 Å². The average molecular weight is 296 g/mol. The van der Waals surface area contributed by atoms with Crippen molar-refractivity contribution in [2.75, 3.05) is 26.2 Å². The SMILES string of the molecule is CC1(CN(CCCCCCO)CC2CCCC2)CCCC1. The second-order valence-corrected chi connectivity index (χ2v) is 8.04. The molecule has 2 aliphatic carbocycles. The molecule has 0 radical (unpaired) electrons. The van der Waals surface area contributed by atoms with Crippen molar-refractivity contribution in [3.05, 3.63) is 0 Å². The molecule has 2 rings (SSSR count). The van der Waals surface area contributed by atoms with Gasteiger partial charge >= 0.3 is 0 Å². The topological polar surface area (TPSA) is 23.5 Å². The molecular formula is C19H37NO. The summed E-state index contributed by atoms with van der Waals surface area (Å²) < 4.78 is 0. The molecule has 0 aromatic rings. The lowest BCUT2D eigenvalue weighted by Crippen LogP contribution is -2.38. The molecule has 0 aliphatic heterocycles. The minimum atomic E-state index is 0.365. The van der Waals surface area contributed by atoms with E-state index in [9.17, 15) is 0 Å². The highest BCUT2D eigenvalue weighted by atomic mass is 16.2. The standard InChI is InChI=1S/C19H37NO/c1-19(12-6-7-13-19)17-20(14-8-2-3-9-15-21)16-18-10-4-5-11-18/h18,21H,2-17H2,1H3. The van der Waals surface area contributed by atoms with Crippen molar-refractivity contribution in [3.63, 3.8) is 0 Å². The van der Waals surface area contributed by atoms with Crippen LogP contribution in [0.15, 0.2) is 0 Å². The van der Waals surface area contributed by atoms with Crippen LogP contribution >= 0.6 is 0 Å². The Balaban J connectivity index is 1.74. The normalized spacial score (nSPS) is 22.4. The quantitative estimate of drug-likeness (QED) is 0.595. The van der Waals surface area contributed by atoms with Crippen LogP contribution in [0.4, 0.5) is 0 Å². The number of aliphatic hydroxyl groups is 1. The molecule has 0 amide bonds. The number of aliphatic hydroxyl groups excluding tert-OH is 1. The third-order valence-corrected chi connectivity index (χ3v) is 5.79. The van der Waals surface area contributed by atoms with Crippen LogP contribution in [-0.2, 0) is 0 Å². The maximum Gasteiger partial charge on any atom is 0.0431 e. The van der Waals surface area contributed by atoms with Crippen molar-refractivity contribution in [2.45, 2.75) is 84.0 Å². The number of hydrogen-bond donors (Lipinski definition) is 1. The van der Waals surface area contributed by atoms with Crippen molar-refractivity contribution in [2.24, 2.45) is 11.3 Å². The summed E-state index contributed by atoms with van der Waals surface area (Å²) in [6, 6.07) is 0. The molecule has 0 atom stereocenters. The molecule has 0 spiro atoms. The molecule has 1 N–H and O–H groups in total. The van der Waals surface area contributed by atoms with Crippen molar-refractivity contribution in [3.8, 4) is 0 Å². The highest BCUT2D eigenvalue weighted by Crippen LogP contribution is 2.38. The van der Waals surface area contributed by atoms with Crippen LogP contribution in [0, 0.1) is 11.3 Å². The predicted molar refractivity (Wildman–Crippen MR) is 90.5 cm³/mol. The summed E-state index contributed by atoms with van der Waals surface area (Å²) in [7, 11) is 0. The van der Waals surface area contributed by atoms with Crippen LogP contribution in [0.3, 0.4) is 0 Å². The number of nitrogens with zero attached hydrogens (tertiary/aromatic N) is 1. The van der Waals surface area contributed by atoms with E-state index in [4.69, 9.17) is 5.11 Å². The fourth-order valence-electron chi connectivity index (χ4n) is 4.52. The fourth-order valence-corrected chi connectivity index (χ4v) is 4.52. The van der Waals surface area contributed by atoms with Gasteiger partial charge in [-0.15, -0.1) is 0 Å². The van der Waals surface area contributed by atoms with Gasteiger partial charge in [-0.1, -0.05) is 45.4 Å². The minimum Gasteiger partial charge on any atom is -0.396 e. The highest BCUT2D eigenvalue weighted by molar-refractivity contribution is 4.84. The molecule has 0 aromatic carbocycles. The average Bonchev–Trinajstić information content (AvgIpc) is 3.10. The van der Waals surface area contributed by atoms with Gasteiger partial charge in [0.25, 0.3) is 0 Å². The minimum absolute atomic E-state index is 0.365. The van der Waals surface area contributed by atoms with Gasteiger partial charge in [0, 0.05) is 19.7 Å². The van der Waals surface area contributed by atoms with Crippen LogP contribution in [0.2, 0.25) is 0 Å². The van der Waals surface area contributed by atoms with Crippen LogP contribution in [0.25, 0.3) is 0 Å². The lowest BCUT2D eigenvalue weighted by Gasteiger charge is -2.34. The van der Waals surface area contributed by atoms with Gasteiger partial charge in [0.15, 0.2) is 0 Å². The first kappa shape index (κ1) is 17.3. The van der Waals surface area contributed by atoms with Gasteiger partial charge in [0.1, 0.15) is 0 Å². The summed E-state index contributed by atoms with van der Waals surface area (Å²) >= 11 is 0. The van der Waals surface area contributed by atoms with Gasteiger partial charge in [0.05, 0.1) is 0 Å². The number of rotatable bonds is 10. The molecule has 2 saturated carbocycles. The summed E-state index contributed by atoms with van der Waals surface area (Å²) in [4.78, 5) is 2.81. The van der Waals surface area contributed by atoms with E-state index >= 15 is 0 Å². The molecule has 2 aliphatic rings. The zero-order valence-corrected chi connectivity index (χ0v) is 14.3. The van der Waals surface area contributed by atoms with Gasteiger partial charge in [-0.3, -0.25) is 0 Å². The number of hydrogen-bond acceptors (Lipinski definition) is 2. The number of unbranched alkanes of at least 4 members (excludes halogenated alkanes) is 3. The third kappa shape index (κ3) is 6.28. The van der Waals surface area contributed by atoms with Crippen LogP contribution in [-0.4, -0.2) is 36.2 Å². The Morgan fingerprint density at radius 3 is 2.29 bits per heavy atom. The summed E-state index contributed by atoms with van der Waals surface area (Å²) in [5, 5.41) is 8.88. The van der Waals surface area contributed by atoms with E-state index < -0.39 is 0 Å². The van der Waals surface area contributed by atoms with Gasteiger partial charge in [-0.2, -0.15) is 0 Å². The first-order valence-corrected chi connectivity index (χ1v) is 9.55. The van der Waals surface area contributed by atoms with Gasteiger partial charge < -0.3 is 10.0 Å². The third-order valence-electron chi connectivity index (χ3n) is 5.79. The lowest BCUT2D eigenvalue weighted by atomic mass is 9.87. The van der Waals surface area contributed by atoms with E-state index in [0.717, 1.165) is 12.3 Å². The Morgan fingerprint density at radius 1 is 0.952 bits per heavy atom. The summed E-state index contributed by atoms with van der Waals surface area (Å²) in [5.41, 5.74) is 0.601. The molecule has 0 heterocycles. The van der Waals surface area contributed by atoms with Crippen molar-refractivity contribution >= 4 is 0 Å². The zero-order chi connectivity index (χ0) is 15.0. The fraction of sp³-hybridized carbons (Fsp3) is 1.00. The second-order valence-electron chi connectivity index (χ2n) is 8.04. The maximum atomic E-state index is 8.88. The largest absolute Gasteiger partial charge is 0.396 e. The van der Waals surface area contributed by atoms with Crippen molar-refractivity contribution in [1.82, 2.24) is 4.90 Å². The molecule has 2 heteroatoms. The lowest BCUT2D eigenvalue weighted by molar-refractivity contribution is 0.144. The Kier molecular flexibility index (Phi) is 7.53. The first-order chi connectivity index (χ1) is 10.2. The van der Waals surface area contributed by atoms with E-state index in [1.54, 1.807) is 0 Å². The Bertz CT molecular complexity index is 267. The van der Waals surface area contributed by atoms with E-state index in [1.165, 1.54) is 90.3 Å². The smallest absolute Gasteiger partial charge is 0.0431 e. The van der Waals surface area contributed by atoms with E-state index in [-0.39, 0.29) is 0 Å².